The third kappa shape index (κ3) is 2.57. The first-order valence-corrected chi connectivity index (χ1v) is 8.30. The standard InChI is InChI=1S/C16H17N5OS/c1-12(5-6-17)16(11-18,21-7-9-22-10-8-21)13-3-2-4-14-15(13)20-23-19-14/h2-4,12H,5,7-10H2,1H3. The summed E-state index contributed by atoms with van der Waals surface area (Å²) < 4.78 is 14.1. The van der Waals surface area contributed by atoms with Crippen LogP contribution in [0.3, 0.4) is 0 Å². The lowest BCUT2D eigenvalue weighted by molar-refractivity contribution is -0.0220. The van der Waals surface area contributed by atoms with Crippen molar-refractivity contribution in [2.75, 3.05) is 26.3 Å². The molecule has 2 aromatic rings. The van der Waals surface area contributed by atoms with Gasteiger partial charge in [0.2, 0.25) is 0 Å². The smallest absolute Gasteiger partial charge is 0.140 e. The molecule has 118 valence electrons. The van der Waals surface area contributed by atoms with Crippen molar-refractivity contribution < 1.29 is 4.74 Å². The Bertz CT molecular complexity index is 771. The fourth-order valence-corrected chi connectivity index (χ4v) is 3.85. The van der Waals surface area contributed by atoms with Crippen LogP contribution in [-0.4, -0.2) is 40.0 Å². The number of fused-ring (bicyclic) bond motifs is 1. The zero-order chi connectivity index (χ0) is 16.3. The van der Waals surface area contributed by atoms with Crippen molar-refractivity contribution in [2.45, 2.75) is 18.9 Å². The van der Waals surface area contributed by atoms with E-state index in [9.17, 15) is 10.5 Å². The molecular formula is C16H17N5OS. The maximum Gasteiger partial charge on any atom is 0.140 e. The van der Waals surface area contributed by atoms with Gasteiger partial charge < -0.3 is 4.74 Å². The molecule has 1 fully saturated rings. The fraction of sp³-hybridized carbons (Fsp3) is 0.500. The molecule has 0 radical (unpaired) electrons. The molecule has 3 rings (SSSR count). The molecule has 0 N–H and O–H groups in total. The Hall–Kier alpha value is -2.06. The van der Waals surface area contributed by atoms with E-state index in [1.165, 1.54) is 0 Å². The van der Waals surface area contributed by atoms with Crippen LogP contribution in [0.2, 0.25) is 0 Å². The number of morpholine rings is 1. The molecule has 23 heavy (non-hydrogen) atoms. The SMILES string of the molecule is CC(CC#N)C(C#N)(c1cccc2nsnc12)N1CCOCC1. The quantitative estimate of drug-likeness (QED) is 0.856. The van der Waals surface area contributed by atoms with Gasteiger partial charge in [0.15, 0.2) is 0 Å². The first-order valence-electron chi connectivity index (χ1n) is 7.56. The zero-order valence-electron chi connectivity index (χ0n) is 12.9. The van der Waals surface area contributed by atoms with Crippen molar-refractivity contribution in [3.8, 4) is 12.1 Å². The Morgan fingerprint density at radius 2 is 2.13 bits per heavy atom. The van der Waals surface area contributed by atoms with Crippen LogP contribution >= 0.6 is 11.7 Å². The highest BCUT2D eigenvalue weighted by molar-refractivity contribution is 7.00. The first-order chi connectivity index (χ1) is 11.2. The summed E-state index contributed by atoms with van der Waals surface area (Å²) in [6, 6.07) is 10.5. The maximum absolute atomic E-state index is 10.2. The van der Waals surface area contributed by atoms with E-state index in [4.69, 9.17) is 4.74 Å². The lowest BCUT2D eigenvalue weighted by atomic mass is 9.76. The van der Waals surface area contributed by atoms with Gasteiger partial charge in [-0.2, -0.15) is 19.3 Å². The summed E-state index contributed by atoms with van der Waals surface area (Å²) in [5.41, 5.74) is 1.50. The molecular weight excluding hydrogens is 310 g/mol. The average Bonchev–Trinajstić information content (AvgIpc) is 3.07. The van der Waals surface area contributed by atoms with Gasteiger partial charge in [0.05, 0.1) is 37.1 Å². The van der Waals surface area contributed by atoms with Crippen molar-refractivity contribution in [2.24, 2.45) is 5.92 Å². The molecule has 2 heterocycles. The molecule has 2 unspecified atom stereocenters. The summed E-state index contributed by atoms with van der Waals surface area (Å²) in [5.74, 6) is -0.150. The number of hydrogen-bond acceptors (Lipinski definition) is 7. The van der Waals surface area contributed by atoms with Crippen molar-refractivity contribution >= 4 is 22.8 Å². The Balaban J connectivity index is 2.20. The summed E-state index contributed by atoms with van der Waals surface area (Å²) in [6.07, 6.45) is 0.304. The third-order valence-electron chi connectivity index (χ3n) is 4.49. The Labute approximate surface area is 139 Å². The minimum Gasteiger partial charge on any atom is -0.379 e. The molecule has 0 aliphatic carbocycles. The van der Waals surface area contributed by atoms with E-state index >= 15 is 0 Å². The molecule has 0 bridgehead atoms. The number of rotatable bonds is 4. The third-order valence-corrected chi connectivity index (χ3v) is 5.03. The van der Waals surface area contributed by atoms with Crippen LogP contribution in [0.25, 0.3) is 11.0 Å². The van der Waals surface area contributed by atoms with Gasteiger partial charge in [-0.15, -0.1) is 0 Å². The number of aromatic nitrogens is 2. The van der Waals surface area contributed by atoms with Crippen LogP contribution in [0, 0.1) is 28.6 Å². The summed E-state index contributed by atoms with van der Waals surface area (Å²) in [7, 11) is 0. The zero-order valence-corrected chi connectivity index (χ0v) is 13.7. The van der Waals surface area contributed by atoms with Gasteiger partial charge in [-0.25, -0.2) is 0 Å². The van der Waals surface area contributed by atoms with Gasteiger partial charge in [-0.3, -0.25) is 4.90 Å². The van der Waals surface area contributed by atoms with E-state index in [0.29, 0.717) is 32.7 Å². The van der Waals surface area contributed by atoms with E-state index < -0.39 is 5.54 Å². The van der Waals surface area contributed by atoms with E-state index in [1.807, 2.05) is 25.1 Å². The van der Waals surface area contributed by atoms with Gasteiger partial charge in [0, 0.05) is 31.0 Å². The molecule has 1 saturated heterocycles. The van der Waals surface area contributed by atoms with Crippen molar-refractivity contribution in [1.29, 1.82) is 10.5 Å². The minimum atomic E-state index is -0.894. The summed E-state index contributed by atoms with van der Waals surface area (Å²) in [6.45, 7) is 4.47. The molecule has 0 saturated carbocycles. The average molecular weight is 327 g/mol. The molecule has 7 heteroatoms. The van der Waals surface area contributed by atoms with E-state index in [1.54, 1.807) is 0 Å². The normalized spacial score (nSPS) is 19.6. The number of nitriles is 2. The molecule has 0 amide bonds. The molecule has 1 aliphatic rings. The van der Waals surface area contributed by atoms with Crippen LogP contribution < -0.4 is 0 Å². The maximum atomic E-state index is 10.2. The van der Waals surface area contributed by atoms with Crippen molar-refractivity contribution in [3.05, 3.63) is 23.8 Å². The number of benzene rings is 1. The predicted molar refractivity (Wildman–Crippen MR) is 86.5 cm³/mol. The fourth-order valence-electron chi connectivity index (χ4n) is 3.30. The highest BCUT2D eigenvalue weighted by atomic mass is 32.1. The number of hydrogen-bond donors (Lipinski definition) is 0. The second-order valence-corrected chi connectivity index (χ2v) is 6.21. The summed E-state index contributed by atoms with van der Waals surface area (Å²) in [5, 5.41) is 19.4. The highest BCUT2D eigenvalue weighted by Crippen LogP contribution is 2.40. The largest absolute Gasteiger partial charge is 0.379 e. The minimum absolute atomic E-state index is 0.150. The topological polar surface area (TPSA) is 85.8 Å². The predicted octanol–water partition coefficient (Wildman–Crippen LogP) is 2.29. The van der Waals surface area contributed by atoms with Gasteiger partial charge in [0.1, 0.15) is 16.6 Å². The monoisotopic (exact) mass is 327 g/mol. The van der Waals surface area contributed by atoms with Crippen LogP contribution in [-0.2, 0) is 10.3 Å². The van der Waals surface area contributed by atoms with Crippen LogP contribution in [0.5, 0.6) is 0 Å². The summed E-state index contributed by atoms with van der Waals surface area (Å²) >= 11 is 1.15. The summed E-state index contributed by atoms with van der Waals surface area (Å²) in [4.78, 5) is 2.13. The van der Waals surface area contributed by atoms with Crippen LogP contribution in [0.1, 0.15) is 18.9 Å². The van der Waals surface area contributed by atoms with E-state index in [0.717, 1.165) is 28.3 Å². The van der Waals surface area contributed by atoms with Gasteiger partial charge in [-0.1, -0.05) is 19.1 Å². The second kappa shape index (κ2) is 6.59. The van der Waals surface area contributed by atoms with Crippen LogP contribution in [0.15, 0.2) is 18.2 Å². The van der Waals surface area contributed by atoms with E-state index in [2.05, 4.69) is 25.8 Å². The Kier molecular flexibility index (Phi) is 4.53. The van der Waals surface area contributed by atoms with Gasteiger partial charge in [0.25, 0.3) is 0 Å². The first kappa shape index (κ1) is 15.8. The van der Waals surface area contributed by atoms with Crippen molar-refractivity contribution in [3.63, 3.8) is 0 Å². The number of ether oxygens (including phenoxy) is 1. The molecule has 1 aliphatic heterocycles. The van der Waals surface area contributed by atoms with Gasteiger partial charge in [-0.05, 0) is 6.07 Å². The molecule has 0 spiro atoms. The van der Waals surface area contributed by atoms with Crippen LogP contribution in [0.4, 0.5) is 0 Å². The lowest BCUT2D eigenvalue weighted by Gasteiger charge is -2.44. The number of nitrogens with zero attached hydrogens (tertiary/aromatic N) is 5. The molecule has 2 atom stereocenters. The Morgan fingerprint density at radius 1 is 1.35 bits per heavy atom. The highest BCUT2D eigenvalue weighted by Gasteiger charge is 2.46. The van der Waals surface area contributed by atoms with E-state index in [-0.39, 0.29) is 5.92 Å². The molecule has 6 nitrogen and oxygen atoms in total. The lowest BCUT2D eigenvalue weighted by Crippen LogP contribution is -2.54. The Morgan fingerprint density at radius 3 is 2.83 bits per heavy atom. The molecule has 1 aromatic heterocycles. The van der Waals surface area contributed by atoms with Gasteiger partial charge >= 0.3 is 0 Å². The molecule has 1 aromatic carbocycles. The van der Waals surface area contributed by atoms with Crippen molar-refractivity contribution in [1.82, 2.24) is 13.6 Å². The second-order valence-electron chi connectivity index (χ2n) is 5.68.